The van der Waals surface area contributed by atoms with Crippen LogP contribution in [0.15, 0.2) is 48.7 Å². The van der Waals surface area contributed by atoms with Gasteiger partial charge >= 0.3 is 0 Å². The number of rotatable bonds is 5. The van der Waals surface area contributed by atoms with E-state index < -0.39 is 0 Å². The molecular weight excluding hydrogens is 296 g/mol. The van der Waals surface area contributed by atoms with Crippen molar-refractivity contribution in [2.24, 2.45) is 0 Å². The lowest BCUT2D eigenvalue weighted by atomic mass is 10.0. The van der Waals surface area contributed by atoms with Gasteiger partial charge in [0.25, 0.3) is 0 Å². The first-order valence-corrected chi connectivity index (χ1v) is 8.14. The predicted octanol–water partition coefficient (Wildman–Crippen LogP) is 3.52. The molecule has 0 saturated carbocycles. The van der Waals surface area contributed by atoms with E-state index in [1.54, 1.807) is 6.08 Å². The summed E-state index contributed by atoms with van der Waals surface area (Å²) < 4.78 is 0. The second-order valence-corrected chi connectivity index (χ2v) is 5.63. The standard InChI is InChI=1S/C21H24N2O/c1-5-7-11-21(24)23-19-10-8-9-18(12-19)17(6-2)13-20-15(3)14-22-16(20)4/h6-14,22H,4-5H2,1-3H3,(H,23,24)/b11-7+,17-6+,20-13-. The molecule has 0 aliphatic carbocycles. The number of amides is 1. The molecule has 0 aliphatic heterocycles. The van der Waals surface area contributed by atoms with E-state index in [1.165, 1.54) is 0 Å². The zero-order valence-corrected chi connectivity index (χ0v) is 14.5. The SMILES string of the molecule is C=c1[nH]cc(C)/c1=C/C(=C\C)c1cccc(NC(=O)/C=C/CC)c1. The van der Waals surface area contributed by atoms with Crippen LogP contribution in [-0.2, 0) is 4.79 Å². The Labute approximate surface area is 143 Å². The Balaban J connectivity index is 2.33. The van der Waals surface area contributed by atoms with Gasteiger partial charge < -0.3 is 10.3 Å². The summed E-state index contributed by atoms with van der Waals surface area (Å²) in [6.45, 7) is 10.1. The first kappa shape index (κ1) is 17.5. The molecule has 1 aromatic heterocycles. The summed E-state index contributed by atoms with van der Waals surface area (Å²) in [6.07, 6.45) is 10.4. The van der Waals surface area contributed by atoms with Gasteiger partial charge in [-0.25, -0.2) is 0 Å². The minimum atomic E-state index is -0.110. The quantitative estimate of drug-likeness (QED) is 0.814. The highest BCUT2D eigenvalue weighted by Crippen LogP contribution is 2.20. The van der Waals surface area contributed by atoms with Crippen molar-refractivity contribution in [3.63, 3.8) is 0 Å². The summed E-state index contributed by atoms with van der Waals surface area (Å²) in [5.74, 6) is -0.110. The zero-order chi connectivity index (χ0) is 17.5. The van der Waals surface area contributed by atoms with E-state index in [0.717, 1.165) is 39.4 Å². The maximum Gasteiger partial charge on any atom is 0.248 e. The summed E-state index contributed by atoms with van der Waals surface area (Å²) in [6, 6.07) is 7.85. The van der Waals surface area contributed by atoms with Crippen molar-refractivity contribution in [2.75, 3.05) is 5.32 Å². The topological polar surface area (TPSA) is 44.9 Å². The number of nitrogens with one attached hydrogen (secondary N) is 2. The number of benzene rings is 1. The van der Waals surface area contributed by atoms with Gasteiger partial charge in [-0.1, -0.05) is 37.8 Å². The fraction of sp³-hybridized carbons (Fsp3) is 0.190. The van der Waals surface area contributed by atoms with Crippen LogP contribution in [0.25, 0.3) is 18.2 Å². The number of aromatic nitrogens is 1. The van der Waals surface area contributed by atoms with Crippen molar-refractivity contribution in [3.8, 4) is 0 Å². The van der Waals surface area contributed by atoms with Crippen LogP contribution in [0.1, 0.15) is 31.4 Å². The molecule has 0 bridgehead atoms. The molecule has 24 heavy (non-hydrogen) atoms. The first-order chi connectivity index (χ1) is 11.5. The van der Waals surface area contributed by atoms with Gasteiger partial charge in [0.15, 0.2) is 0 Å². The van der Waals surface area contributed by atoms with E-state index >= 15 is 0 Å². The molecule has 124 valence electrons. The molecule has 0 spiro atoms. The first-order valence-electron chi connectivity index (χ1n) is 8.14. The van der Waals surface area contributed by atoms with Crippen LogP contribution < -0.4 is 15.9 Å². The molecule has 0 aliphatic rings. The number of anilines is 1. The van der Waals surface area contributed by atoms with Gasteiger partial charge in [-0.3, -0.25) is 4.79 Å². The highest BCUT2D eigenvalue weighted by molar-refractivity contribution is 6.00. The second kappa shape index (κ2) is 8.16. The average Bonchev–Trinajstić information content (AvgIpc) is 2.89. The molecule has 0 saturated heterocycles. The number of H-pyrrole nitrogens is 1. The van der Waals surface area contributed by atoms with Crippen molar-refractivity contribution < 1.29 is 4.79 Å². The molecular formula is C21H24N2O. The number of aryl methyl sites for hydroxylation is 1. The van der Waals surface area contributed by atoms with E-state index in [0.29, 0.717) is 0 Å². The van der Waals surface area contributed by atoms with Gasteiger partial charge in [-0.2, -0.15) is 0 Å². The van der Waals surface area contributed by atoms with E-state index in [4.69, 9.17) is 0 Å². The number of hydrogen-bond acceptors (Lipinski definition) is 1. The average molecular weight is 320 g/mol. The largest absolute Gasteiger partial charge is 0.361 e. The molecule has 0 fully saturated rings. The molecule has 1 heterocycles. The number of allylic oxidation sites excluding steroid dienone is 3. The zero-order valence-electron chi connectivity index (χ0n) is 14.5. The van der Waals surface area contributed by atoms with Gasteiger partial charge in [0, 0.05) is 22.5 Å². The molecule has 3 nitrogen and oxygen atoms in total. The molecule has 2 N–H and O–H groups in total. The van der Waals surface area contributed by atoms with Crippen molar-refractivity contribution in [2.45, 2.75) is 27.2 Å². The molecule has 0 radical (unpaired) electrons. The minimum Gasteiger partial charge on any atom is -0.361 e. The third-order valence-electron chi connectivity index (χ3n) is 3.79. The van der Waals surface area contributed by atoms with Gasteiger partial charge in [0.1, 0.15) is 0 Å². The van der Waals surface area contributed by atoms with Crippen LogP contribution in [0.2, 0.25) is 0 Å². The van der Waals surface area contributed by atoms with Crippen LogP contribution in [-0.4, -0.2) is 10.9 Å². The molecule has 0 atom stereocenters. The summed E-state index contributed by atoms with van der Waals surface area (Å²) in [5.41, 5.74) is 4.08. The minimum absolute atomic E-state index is 0.110. The van der Waals surface area contributed by atoms with E-state index in [9.17, 15) is 4.79 Å². The summed E-state index contributed by atoms with van der Waals surface area (Å²) in [7, 11) is 0. The van der Waals surface area contributed by atoms with Gasteiger partial charge in [-0.05, 0) is 61.3 Å². The summed E-state index contributed by atoms with van der Waals surface area (Å²) in [4.78, 5) is 15.0. The lowest BCUT2D eigenvalue weighted by Gasteiger charge is -2.07. The van der Waals surface area contributed by atoms with Gasteiger partial charge in [0.2, 0.25) is 5.91 Å². The fourth-order valence-corrected chi connectivity index (χ4v) is 2.46. The summed E-state index contributed by atoms with van der Waals surface area (Å²) >= 11 is 0. The predicted molar refractivity (Wildman–Crippen MR) is 103 cm³/mol. The maximum absolute atomic E-state index is 11.8. The molecule has 1 aromatic carbocycles. The Morgan fingerprint density at radius 2 is 2.17 bits per heavy atom. The second-order valence-electron chi connectivity index (χ2n) is 5.63. The molecule has 3 heteroatoms. The van der Waals surface area contributed by atoms with Gasteiger partial charge in [-0.15, -0.1) is 0 Å². The van der Waals surface area contributed by atoms with Crippen molar-refractivity contribution in [1.82, 2.24) is 4.98 Å². The van der Waals surface area contributed by atoms with Crippen LogP contribution >= 0.6 is 0 Å². The van der Waals surface area contributed by atoms with Crippen LogP contribution in [0.3, 0.4) is 0 Å². The Morgan fingerprint density at radius 3 is 2.79 bits per heavy atom. The monoisotopic (exact) mass is 320 g/mol. The number of hydrogen-bond donors (Lipinski definition) is 2. The van der Waals surface area contributed by atoms with Crippen molar-refractivity contribution >= 4 is 29.8 Å². The van der Waals surface area contributed by atoms with E-state index in [1.807, 2.05) is 50.4 Å². The molecule has 1 amide bonds. The Bertz CT molecular complexity index is 885. The van der Waals surface area contributed by atoms with Crippen LogP contribution in [0.4, 0.5) is 5.69 Å². The third kappa shape index (κ3) is 4.35. The summed E-state index contributed by atoms with van der Waals surface area (Å²) in [5, 5.41) is 4.90. The number of carbonyl (C=O) groups excluding carboxylic acids is 1. The Morgan fingerprint density at radius 1 is 1.38 bits per heavy atom. The Hall–Kier alpha value is -2.81. The van der Waals surface area contributed by atoms with E-state index in [-0.39, 0.29) is 5.91 Å². The van der Waals surface area contributed by atoms with Crippen molar-refractivity contribution in [1.29, 1.82) is 0 Å². The van der Waals surface area contributed by atoms with Crippen LogP contribution in [0, 0.1) is 6.92 Å². The molecule has 2 aromatic rings. The maximum atomic E-state index is 11.8. The lowest BCUT2D eigenvalue weighted by Crippen LogP contribution is -2.22. The fourth-order valence-electron chi connectivity index (χ4n) is 2.46. The van der Waals surface area contributed by atoms with Crippen molar-refractivity contribution in [3.05, 3.63) is 70.4 Å². The Kier molecular flexibility index (Phi) is 5.96. The number of carbonyl (C=O) groups is 1. The van der Waals surface area contributed by atoms with Crippen LogP contribution in [0.5, 0.6) is 0 Å². The molecule has 0 unspecified atom stereocenters. The van der Waals surface area contributed by atoms with E-state index in [2.05, 4.69) is 36.0 Å². The third-order valence-corrected chi connectivity index (χ3v) is 3.79. The highest BCUT2D eigenvalue weighted by Gasteiger charge is 2.03. The number of aromatic amines is 1. The smallest absolute Gasteiger partial charge is 0.248 e. The lowest BCUT2D eigenvalue weighted by molar-refractivity contribution is -0.111. The highest BCUT2D eigenvalue weighted by atomic mass is 16.1. The molecule has 2 rings (SSSR count). The van der Waals surface area contributed by atoms with Gasteiger partial charge in [0.05, 0.1) is 0 Å². The normalized spacial score (nSPS) is 12.8.